The van der Waals surface area contributed by atoms with Crippen molar-refractivity contribution in [2.45, 2.75) is 58.0 Å². The number of hydrogen-bond acceptors (Lipinski definition) is 4. The van der Waals surface area contributed by atoms with Crippen LogP contribution in [0.3, 0.4) is 0 Å². The van der Waals surface area contributed by atoms with Gasteiger partial charge in [-0.2, -0.15) is 0 Å². The maximum atomic E-state index is 10.6. The summed E-state index contributed by atoms with van der Waals surface area (Å²) in [6.07, 6.45) is 0.0975. The largest absolute Gasteiger partial charge is 0.406 e. The molecule has 2 heterocycles. The minimum absolute atomic E-state index is 0.0231. The summed E-state index contributed by atoms with van der Waals surface area (Å²) in [5.41, 5.74) is 3.61. The number of para-hydroxylation sites is 1. The van der Waals surface area contributed by atoms with E-state index in [1.165, 1.54) is 0 Å². The van der Waals surface area contributed by atoms with Crippen molar-refractivity contribution in [3.63, 3.8) is 0 Å². The van der Waals surface area contributed by atoms with E-state index < -0.39 is 20.5 Å². The van der Waals surface area contributed by atoms with E-state index in [-0.39, 0.29) is 11.6 Å². The Hall–Kier alpha value is -1.73. The molecule has 1 unspecified atom stereocenters. The van der Waals surface area contributed by atoms with E-state index in [9.17, 15) is 10.2 Å². The van der Waals surface area contributed by atoms with Crippen LogP contribution in [0.25, 0.3) is 21.8 Å². The number of pyridine rings is 1. The van der Waals surface area contributed by atoms with Gasteiger partial charge in [0.1, 0.15) is 12.2 Å². The third-order valence-electron chi connectivity index (χ3n) is 5.79. The van der Waals surface area contributed by atoms with E-state index in [1.807, 2.05) is 31.3 Å². The van der Waals surface area contributed by atoms with Gasteiger partial charge < -0.3 is 19.6 Å². The number of nitrogens with one attached hydrogen (secondary N) is 1. The fourth-order valence-electron chi connectivity index (χ4n) is 3.16. The molecule has 0 aliphatic heterocycles. The summed E-state index contributed by atoms with van der Waals surface area (Å²) in [5.74, 6) is 0. The maximum Gasteiger partial charge on any atom is 0.193 e. The van der Waals surface area contributed by atoms with E-state index >= 15 is 0 Å². The van der Waals surface area contributed by atoms with Gasteiger partial charge in [-0.25, -0.2) is 0 Å². The van der Waals surface area contributed by atoms with Crippen LogP contribution in [0, 0.1) is 6.92 Å². The van der Waals surface area contributed by atoms with Crippen LogP contribution in [0.5, 0.6) is 0 Å². The summed E-state index contributed by atoms with van der Waals surface area (Å²) < 4.78 is 6.53. The van der Waals surface area contributed by atoms with Crippen molar-refractivity contribution in [2.75, 3.05) is 6.61 Å². The number of nitrogens with zero attached hydrogens (tertiary/aromatic N) is 1. The summed E-state index contributed by atoms with van der Waals surface area (Å²) in [7, 11) is -2.19. The summed E-state index contributed by atoms with van der Waals surface area (Å²) in [4.78, 5) is 8.08. The third-order valence-corrected chi connectivity index (χ3v) is 10.2. The molecule has 3 aromatic rings. The fourth-order valence-corrected chi connectivity index (χ4v) is 4.42. The highest BCUT2D eigenvalue weighted by atomic mass is 28.4. The van der Waals surface area contributed by atoms with Crippen LogP contribution in [0.1, 0.15) is 38.1 Å². The fraction of sp³-hybridized carbons (Fsp3) is 0.476. The van der Waals surface area contributed by atoms with E-state index in [0.29, 0.717) is 5.69 Å². The normalized spacial score (nSPS) is 15.4. The first kappa shape index (κ1) is 20.0. The van der Waals surface area contributed by atoms with E-state index in [0.717, 1.165) is 27.4 Å². The number of aromatic amines is 1. The second-order valence-corrected chi connectivity index (χ2v) is 13.6. The van der Waals surface area contributed by atoms with Crippen LogP contribution in [0.2, 0.25) is 18.1 Å². The average molecular weight is 387 g/mol. The lowest BCUT2D eigenvalue weighted by atomic mass is 10.0. The van der Waals surface area contributed by atoms with Gasteiger partial charge >= 0.3 is 0 Å². The number of aliphatic hydroxyl groups is 2. The van der Waals surface area contributed by atoms with Crippen LogP contribution in [0.4, 0.5) is 0 Å². The van der Waals surface area contributed by atoms with Gasteiger partial charge in [0, 0.05) is 22.5 Å². The lowest BCUT2D eigenvalue weighted by Gasteiger charge is -2.40. The van der Waals surface area contributed by atoms with Crippen molar-refractivity contribution in [1.82, 2.24) is 9.97 Å². The molecule has 2 aromatic heterocycles. The highest BCUT2D eigenvalue weighted by Gasteiger charge is 2.42. The first-order valence-corrected chi connectivity index (χ1v) is 12.3. The van der Waals surface area contributed by atoms with Gasteiger partial charge in [-0.3, -0.25) is 4.98 Å². The number of aliphatic hydroxyl groups excluding tert-OH is 2. The quantitative estimate of drug-likeness (QED) is 0.567. The Morgan fingerprint density at radius 2 is 1.89 bits per heavy atom. The number of fused-ring (bicyclic) bond motifs is 3. The average Bonchev–Trinajstić information content (AvgIpc) is 2.99. The number of H-pyrrole nitrogens is 1. The monoisotopic (exact) mass is 386 g/mol. The van der Waals surface area contributed by atoms with Gasteiger partial charge in [0.2, 0.25) is 0 Å². The zero-order valence-corrected chi connectivity index (χ0v) is 18.0. The van der Waals surface area contributed by atoms with Crippen molar-refractivity contribution in [3.05, 3.63) is 41.7 Å². The molecular weight excluding hydrogens is 356 g/mol. The zero-order valence-electron chi connectivity index (χ0n) is 17.0. The molecule has 5 nitrogen and oxygen atoms in total. The lowest BCUT2D eigenvalue weighted by molar-refractivity contribution is -0.00978. The topological polar surface area (TPSA) is 78.4 Å². The van der Waals surface area contributed by atoms with Crippen LogP contribution >= 0.6 is 0 Å². The lowest BCUT2D eigenvalue weighted by Crippen LogP contribution is -2.44. The summed E-state index contributed by atoms with van der Waals surface area (Å²) in [6.45, 7) is 12.4. The molecule has 0 radical (unpaired) electrons. The Balaban J connectivity index is 2.21. The van der Waals surface area contributed by atoms with Crippen molar-refractivity contribution in [1.29, 1.82) is 0 Å². The van der Waals surface area contributed by atoms with Gasteiger partial charge in [0.15, 0.2) is 8.32 Å². The van der Waals surface area contributed by atoms with Crippen molar-refractivity contribution in [2.24, 2.45) is 0 Å². The Morgan fingerprint density at radius 1 is 1.22 bits per heavy atom. The van der Waals surface area contributed by atoms with Gasteiger partial charge in [-0.15, -0.1) is 0 Å². The third kappa shape index (κ3) is 3.54. The van der Waals surface area contributed by atoms with Crippen molar-refractivity contribution >= 4 is 30.1 Å². The molecular formula is C21H30N2O3Si. The van der Waals surface area contributed by atoms with Crippen LogP contribution in [-0.4, -0.2) is 41.2 Å². The van der Waals surface area contributed by atoms with Crippen molar-refractivity contribution in [3.8, 4) is 0 Å². The minimum atomic E-state index is -2.19. The zero-order chi connectivity index (χ0) is 20.0. The van der Waals surface area contributed by atoms with Gasteiger partial charge in [-0.1, -0.05) is 39.0 Å². The molecule has 27 heavy (non-hydrogen) atoms. The number of aryl methyl sites for hydroxylation is 1. The van der Waals surface area contributed by atoms with E-state index in [2.05, 4.69) is 49.9 Å². The van der Waals surface area contributed by atoms with Crippen LogP contribution in [-0.2, 0) is 4.43 Å². The second kappa shape index (κ2) is 7.02. The summed E-state index contributed by atoms with van der Waals surface area (Å²) in [5, 5.41) is 22.5. The Morgan fingerprint density at radius 3 is 2.52 bits per heavy atom. The highest BCUT2D eigenvalue weighted by Crippen LogP contribution is 2.42. The molecule has 3 rings (SSSR count). The minimum Gasteiger partial charge on any atom is -0.406 e. The summed E-state index contributed by atoms with van der Waals surface area (Å²) >= 11 is 0. The molecule has 1 aromatic carbocycles. The molecule has 0 spiro atoms. The van der Waals surface area contributed by atoms with Crippen molar-refractivity contribution < 1.29 is 14.6 Å². The standard InChI is InChI=1S/C21H30N2O3Si/c1-13-11-22-19(18-17(13)14-9-7-8-10-15(14)23-18)20(16(25)12-24)26-27(5,6)21(2,3)4/h7-11,16,20,23-25H,12H2,1-6H3/t16-,20?/m0/s1. The second-order valence-electron chi connectivity index (χ2n) is 8.80. The molecule has 0 aliphatic rings. The van der Waals surface area contributed by atoms with E-state index in [4.69, 9.17) is 4.43 Å². The Kier molecular flexibility index (Phi) is 5.20. The smallest absolute Gasteiger partial charge is 0.193 e. The molecule has 0 aliphatic carbocycles. The predicted octanol–water partition coefficient (Wildman–Crippen LogP) is 4.44. The number of rotatable bonds is 5. The Labute approximate surface area is 161 Å². The SMILES string of the molecule is Cc1cnc(C(O[Si](C)(C)C(C)(C)C)[C@@H](O)CO)c2[nH]c3ccccc3c12. The molecule has 0 bridgehead atoms. The molecule has 2 atom stereocenters. The molecule has 0 amide bonds. The van der Waals surface area contributed by atoms with Crippen LogP contribution in [0.15, 0.2) is 30.5 Å². The first-order valence-electron chi connectivity index (χ1n) is 9.39. The molecule has 0 saturated heterocycles. The van der Waals surface area contributed by atoms with Gasteiger partial charge in [0.25, 0.3) is 0 Å². The maximum absolute atomic E-state index is 10.6. The summed E-state index contributed by atoms with van der Waals surface area (Å²) in [6, 6.07) is 8.12. The Bertz CT molecular complexity index is 959. The number of benzene rings is 1. The molecule has 146 valence electrons. The molecule has 3 N–H and O–H groups in total. The van der Waals surface area contributed by atoms with Gasteiger partial charge in [0.05, 0.1) is 17.8 Å². The van der Waals surface area contributed by atoms with E-state index in [1.54, 1.807) is 0 Å². The van der Waals surface area contributed by atoms with Crippen LogP contribution < -0.4 is 0 Å². The van der Waals surface area contributed by atoms with Gasteiger partial charge in [-0.05, 0) is 36.7 Å². The number of aromatic nitrogens is 2. The molecule has 0 saturated carbocycles. The molecule has 0 fully saturated rings. The predicted molar refractivity (Wildman–Crippen MR) is 112 cm³/mol. The molecule has 6 heteroatoms. The number of hydrogen-bond donors (Lipinski definition) is 3. The first-order chi connectivity index (χ1) is 12.6. The highest BCUT2D eigenvalue weighted by molar-refractivity contribution is 6.74.